The molecule has 1 saturated heterocycles. The molecule has 2 nitrogen and oxygen atoms in total. The van der Waals surface area contributed by atoms with Crippen molar-refractivity contribution >= 4 is 0 Å². The molecule has 2 heteroatoms. The van der Waals surface area contributed by atoms with Crippen LogP contribution in [0.4, 0.5) is 0 Å². The quantitative estimate of drug-likeness (QED) is 0.672. The number of nitrogens with one attached hydrogen (secondary N) is 1. The van der Waals surface area contributed by atoms with Crippen LogP contribution in [0, 0.1) is 5.92 Å². The van der Waals surface area contributed by atoms with Crippen LogP contribution in [0.1, 0.15) is 46.5 Å². The monoisotopic (exact) mass is 225 g/mol. The third-order valence-corrected chi connectivity index (χ3v) is 3.65. The normalized spacial score (nSPS) is 26.9. The Morgan fingerprint density at radius 1 is 1.44 bits per heavy atom. The maximum atomic E-state index is 5.79. The van der Waals surface area contributed by atoms with Gasteiger partial charge in [0.05, 0.1) is 6.10 Å². The largest absolute Gasteiger partial charge is 0.378 e. The van der Waals surface area contributed by atoms with Crippen LogP contribution in [0.25, 0.3) is 0 Å². The molecule has 0 aromatic carbocycles. The maximum Gasteiger partial charge on any atom is 0.0616 e. The Hall–Kier alpha value is -0.340. The lowest BCUT2D eigenvalue weighted by Crippen LogP contribution is -2.40. The summed E-state index contributed by atoms with van der Waals surface area (Å²) >= 11 is 0. The molecule has 1 aliphatic heterocycles. The van der Waals surface area contributed by atoms with Gasteiger partial charge in [-0.3, -0.25) is 0 Å². The first-order valence-corrected chi connectivity index (χ1v) is 6.74. The van der Waals surface area contributed by atoms with E-state index in [-0.39, 0.29) is 0 Å². The molecule has 0 aromatic heterocycles. The first kappa shape index (κ1) is 13.7. The van der Waals surface area contributed by atoms with Gasteiger partial charge in [-0.1, -0.05) is 32.9 Å². The SMILES string of the molecule is C=C(CC)CC(NCC)C1CCOC1CC. The lowest BCUT2D eigenvalue weighted by Gasteiger charge is -2.28. The van der Waals surface area contributed by atoms with Crippen molar-refractivity contribution in [1.82, 2.24) is 5.32 Å². The van der Waals surface area contributed by atoms with Gasteiger partial charge in [0.15, 0.2) is 0 Å². The van der Waals surface area contributed by atoms with Gasteiger partial charge in [-0.05, 0) is 32.2 Å². The Morgan fingerprint density at radius 2 is 2.19 bits per heavy atom. The van der Waals surface area contributed by atoms with Gasteiger partial charge >= 0.3 is 0 Å². The topological polar surface area (TPSA) is 21.3 Å². The van der Waals surface area contributed by atoms with Crippen LogP contribution in [-0.2, 0) is 4.74 Å². The number of hydrogen-bond acceptors (Lipinski definition) is 2. The molecule has 1 rings (SSSR count). The molecule has 0 bridgehead atoms. The molecule has 0 aromatic rings. The fraction of sp³-hybridized carbons (Fsp3) is 0.857. The molecule has 1 heterocycles. The van der Waals surface area contributed by atoms with Crippen molar-refractivity contribution in [2.75, 3.05) is 13.2 Å². The van der Waals surface area contributed by atoms with Gasteiger partial charge in [-0.15, -0.1) is 0 Å². The zero-order valence-corrected chi connectivity index (χ0v) is 11.1. The molecule has 1 fully saturated rings. The summed E-state index contributed by atoms with van der Waals surface area (Å²) in [6.07, 6.45) is 4.98. The highest BCUT2D eigenvalue weighted by Gasteiger charge is 2.33. The smallest absolute Gasteiger partial charge is 0.0616 e. The Bertz CT molecular complexity index is 215. The van der Waals surface area contributed by atoms with E-state index in [9.17, 15) is 0 Å². The third-order valence-electron chi connectivity index (χ3n) is 3.65. The second kappa shape index (κ2) is 7.08. The van der Waals surface area contributed by atoms with Crippen LogP contribution in [-0.4, -0.2) is 25.3 Å². The Balaban J connectivity index is 2.57. The minimum Gasteiger partial charge on any atom is -0.378 e. The molecule has 1 N–H and O–H groups in total. The molecule has 3 atom stereocenters. The predicted molar refractivity (Wildman–Crippen MR) is 69.7 cm³/mol. The van der Waals surface area contributed by atoms with E-state index in [1.165, 1.54) is 12.0 Å². The minimum atomic E-state index is 0.453. The van der Waals surface area contributed by atoms with Gasteiger partial charge in [-0.25, -0.2) is 0 Å². The van der Waals surface area contributed by atoms with Gasteiger partial charge in [-0.2, -0.15) is 0 Å². The van der Waals surface area contributed by atoms with E-state index in [1.54, 1.807) is 0 Å². The lowest BCUT2D eigenvalue weighted by molar-refractivity contribution is 0.0776. The van der Waals surface area contributed by atoms with E-state index < -0.39 is 0 Å². The number of ether oxygens (including phenoxy) is 1. The molecule has 0 radical (unpaired) electrons. The van der Waals surface area contributed by atoms with E-state index in [0.29, 0.717) is 18.1 Å². The number of hydrogen-bond donors (Lipinski definition) is 1. The Morgan fingerprint density at radius 3 is 2.75 bits per heavy atom. The van der Waals surface area contributed by atoms with Crippen molar-refractivity contribution in [3.63, 3.8) is 0 Å². The summed E-state index contributed by atoms with van der Waals surface area (Å²) in [5.41, 5.74) is 1.35. The summed E-state index contributed by atoms with van der Waals surface area (Å²) in [7, 11) is 0. The van der Waals surface area contributed by atoms with Crippen LogP contribution in [0.15, 0.2) is 12.2 Å². The predicted octanol–water partition coefficient (Wildman–Crippen LogP) is 3.14. The second-order valence-corrected chi connectivity index (χ2v) is 4.74. The van der Waals surface area contributed by atoms with Crippen molar-refractivity contribution in [1.29, 1.82) is 0 Å². The van der Waals surface area contributed by atoms with Crippen LogP contribution in [0.5, 0.6) is 0 Å². The highest BCUT2D eigenvalue weighted by Crippen LogP contribution is 2.29. The molecule has 1 aliphatic rings. The average molecular weight is 225 g/mol. The fourth-order valence-electron chi connectivity index (χ4n) is 2.64. The van der Waals surface area contributed by atoms with Crippen molar-refractivity contribution in [3.8, 4) is 0 Å². The summed E-state index contributed by atoms with van der Waals surface area (Å²) in [4.78, 5) is 0. The van der Waals surface area contributed by atoms with Gasteiger partial charge in [0.1, 0.15) is 0 Å². The van der Waals surface area contributed by atoms with Crippen molar-refractivity contribution < 1.29 is 4.74 Å². The zero-order chi connectivity index (χ0) is 12.0. The third kappa shape index (κ3) is 3.60. The van der Waals surface area contributed by atoms with Crippen LogP contribution >= 0.6 is 0 Å². The summed E-state index contributed by atoms with van der Waals surface area (Å²) in [6, 6.07) is 0.560. The van der Waals surface area contributed by atoms with E-state index in [1.807, 2.05) is 0 Å². The van der Waals surface area contributed by atoms with Crippen molar-refractivity contribution in [2.24, 2.45) is 5.92 Å². The molecule has 0 aliphatic carbocycles. The van der Waals surface area contributed by atoms with E-state index in [2.05, 4.69) is 32.7 Å². The molecule has 0 saturated carbocycles. The fourth-order valence-corrected chi connectivity index (χ4v) is 2.64. The molecule has 94 valence electrons. The summed E-state index contributed by atoms with van der Waals surface area (Å²) < 4.78 is 5.79. The van der Waals surface area contributed by atoms with Crippen LogP contribution in [0.2, 0.25) is 0 Å². The average Bonchev–Trinajstić information content (AvgIpc) is 2.76. The highest BCUT2D eigenvalue weighted by atomic mass is 16.5. The molecule has 3 unspecified atom stereocenters. The van der Waals surface area contributed by atoms with Gasteiger partial charge < -0.3 is 10.1 Å². The maximum absolute atomic E-state index is 5.79. The molecular weight excluding hydrogens is 198 g/mol. The van der Waals surface area contributed by atoms with E-state index >= 15 is 0 Å². The molecule has 16 heavy (non-hydrogen) atoms. The van der Waals surface area contributed by atoms with E-state index in [4.69, 9.17) is 4.74 Å². The van der Waals surface area contributed by atoms with Crippen molar-refractivity contribution in [2.45, 2.75) is 58.6 Å². The minimum absolute atomic E-state index is 0.453. The lowest BCUT2D eigenvalue weighted by atomic mass is 9.87. The van der Waals surface area contributed by atoms with E-state index in [0.717, 1.165) is 32.4 Å². The molecular formula is C14H27NO. The Labute approximate surface area is 100 Å². The standard InChI is InChI=1S/C14H27NO/c1-5-11(4)10-13(15-7-3)12-8-9-16-14(12)6-2/h12-15H,4-10H2,1-3H3. The number of rotatable bonds is 7. The second-order valence-electron chi connectivity index (χ2n) is 4.74. The molecule has 0 spiro atoms. The summed E-state index contributed by atoms with van der Waals surface area (Å²) in [5.74, 6) is 0.674. The first-order chi connectivity index (χ1) is 7.72. The Kier molecular flexibility index (Phi) is 6.07. The summed E-state index contributed by atoms with van der Waals surface area (Å²) in [6.45, 7) is 12.7. The van der Waals surface area contributed by atoms with Crippen LogP contribution in [0.3, 0.4) is 0 Å². The highest BCUT2D eigenvalue weighted by molar-refractivity contribution is 5.00. The first-order valence-electron chi connectivity index (χ1n) is 6.74. The molecule has 0 amide bonds. The van der Waals surface area contributed by atoms with Crippen molar-refractivity contribution in [3.05, 3.63) is 12.2 Å². The van der Waals surface area contributed by atoms with Crippen LogP contribution < -0.4 is 5.32 Å². The van der Waals surface area contributed by atoms with Gasteiger partial charge in [0.2, 0.25) is 0 Å². The van der Waals surface area contributed by atoms with Gasteiger partial charge in [0, 0.05) is 18.6 Å². The van der Waals surface area contributed by atoms with Gasteiger partial charge in [0.25, 0.3) is 0 Å². The zero-order valence-electron chi connectivity index (χ0n) is 11.1. The summed E-state index contributed by atoms with van der Waals surface area (Å²) in [5, 5.41) is 3.61.